The number of nitrogens with zero attached hydrogens (tertiary/aromatic N) is 1. The summed E-state index contributed by atoms with van der Waals surface area (Å²) in [4.78, 5) is 11.5. The molecule has 0 fully saturated rings. The van der Waals surface area contributed by atoms with Gasteiger partial charge in [-0.05, 0) is 19.1 Å². The number of amides is 1. The maximum absolute atomic E-state index is 13.3. The van der Waals surface area contributed by atoms with E-state index in [0.717, 1.165) is 0 Å². The van der Waals surface area contributed by atoms with Crippen LogP contribution < -0.4 is 10.6 Å². The van der Waals surface area contributed by atoms with Crippen molar-refractivity contribution in [2.45, 2.75) is 13.0 Å². The summed E-state index contributed by atoms with van der Waals surface area (Å²) in [5.74, 6) is 1.33. The second-order valence-corrected chi connectivity index (χ2v) is 3.56. The van der Waals surface area contributed by atoms with E-state index in [1.165, 1.54) is 18.2 Å². The van der Waals surface area contributed by atoms with Crippen molar-refractivity contribution in [2.24, 2.45) is 0 Å². The van der Waals surface area contributed by atoms with Gasteiger partial charge in [0.1, 0.15) is 23.5 Å². The number of rotatable bonds is 4. The highest BCUT2D eigenvalue weighted by Gasteiger charge is 2.15. The molecule has 0 radical (unpaired) electrons. The number of nitrogens with one attached hydrogen (secondary N) is 2. The molecule has 0 aromatic heterocycles. The van der Waals surface area contributed by atoms with Crippen LogP contribution in [0.3, 0.4) is 0 Å². The molecule has 1 aromatic carbocycles. The maximum atomic E-state index is 13.3. The van der Waals surface area contributed by atoms with Crippen molar-refractivity contribution in [1.82, 2.24) is 5.32 Å². The SMILES string of the molecule is C#CCNC(=O)C(C)Nc1cccc(F)c1C#N. The van der Waals surface area contributed by atoms with Crippen molar-refractivity contribution in [3.63, 3.8) is 0 Å². The number of nitriles is 1. The van der Waals surface area contributed by atoms with Crippen LogP contribution in [0.25, 0.3) is 0 Å². The minimum Gasteiger partial charge on any atom is -0.373 e. The Morgan fingerprint density at radius 2 is 2.33 bits per heavy atom. The van der Waals surface area contributed by atoms with Gasteiger partial charge in [0.25, 0.3) is 0 Å². The molecule has 2 N–H and O–H groups in total. The van der Waals surface area contributed by atoms with Gasteiger partial charge in [-0.15, -0.1) is 6.42 Å². The monoisotopic (exact) mass is 245 g/mol. The Morgan fingerprint density at radius 1 is 1.61 bits per heavy atom. The lowest BCUT2D eigenvalue weighted by Crippen LogP contribution is -2.37. The zero-order chi connectivity index (χ0) is 13.5. The van der Waals surface area contributed by atoms with E-state index in [2.05, 4.69) is 16.6 Å². The Morgan fingerprint density at radius 3 is 2.94 bits per heavy atom. The summed E-state index contributed by atoms with van der Waals surface area (Å²) in [6.45, 7) is 1.72. The van der Waals surface area contributed by atoms with Gasteiger partial charge in [0.2, 0.25) is 5.91 Å². The summed E-state index contributed by atoms with van der Waals surface area (Å²) < 4.78 is 13.3. The molecule has 0 spiro atoms. The standard InChI is InChI=1S/C13H12FN3O/c1-3-7-16-13(18)9(2)17-12-6-4-5-11(14)10(12)8-15/h1,4-6,9,17H,7H2,2H3,(H,16,18). The van der Waals surface area contributed by atoms with Crippen molar-refractivity contribution in [2.75, 3.05) is 11.9 Å². The number of hydrogen-bond acceptors (Lipinski definition) is 3. The zero-order valence-electron chi connectivity index (χ0n) is 9.83. The average molecular weight is 245 g/mol. The van der Waals surface area contributed by atoms with Crippen molar-refractivity contribution in [3.8, 4) is 18.4 Å². The molecule has 0 heterocycles. The molecule has 5 heteroatoms. The van der Waals surface area contributed by atoms with Crippen molar-refractivity contribution >= 4 is 11.6 Å². The van der Waals surface area contributed by atoms with Crippen molar-refractivity contribution in [3.05, 3.63) is 29.6 Å². The molecule has 1 unspecified atom stereocenters. The Balaban J connectivity index is 2.80. The third-order valence-corrected chi connectivity index (χ3v) is 2.26. The van der Waals surface area contributed by atoms with Gasteiger partial charge in [-0.3, -0.25) is 4.79 Å². The molecule has 0 bridgehead atoms. The maximum Gasteiger partial charge on any atom is 0.242 e. The molecule has 0 saturated carbocycles. The average Bonchev–Trinajstić information content (AvgIpc) is 2.36. The molecule has 1 aromatic rings. The number of benzene rings is 1. The van der Waals surface area contributed by atoms with Gasteiger partial charge >= 0.3 is 0 Å². The molecule has 0 aliphatic heterocycles. The van der Waals surface area contributed by atoms with E-state index < -0.39 is 11.9 Å². The first kappa shape index (κ1) is 13.5. The molecule has 0 aliphatic rings. The summed E-state index contributed by atoms with van der Waals surface area (Å²) in [5, 5.41) is 14.1. The van der Waals surface area contributed by atoms with Crippen LogP contribution >= 0.6 is 0 Å². The number of hydrogen-bond donors (Lipinski definition) is 2. The van der Waals surface area contributed by atoms with Gasteiger partial charge < -0.3 is 10.6 Å². The molecule has 18 heavy (non-hydrogen) atoms. The highest BCUT2D eigenvalue weighted by molar-refractivity contribution is 5.84. The van der Waals surface area contributed by atoms with E-state index in [0.29, 0.717) is 0 Å². The Bertz CT molecular complexity index is 528. The molecular formula is C13H12FN3O. The molecular weight excluding hydrogens is 233 g/mol. The number of carbonyl (C=O) groups is 1. The molecule has 1 atom stereocenters. The smallest absolute Gasteiger partial charge is 0.242 e. The summed E-state index contributed by atoms with van der Waals surface area (Å²) in [7, 11) is 0. The first-order valence-electron chi connectivity index (χ1n) is 5.26. The number of carbonyl (C=O) groups excluding carboxylic acids is 1. The molecule has 1 rings (SSSR count). The topological polar surface area (TPSA) is 64.9 Å². The van der Waals surface area contributed by atoms with Crippen LogP contribution in [-0.4, -0.2) is 18.5 Å². The number of terminal acetylenes is 1. The summed E-state index contributed by atoms with van der Waals surface area (Å²) >= 11 is 0. The lowest BCUT2D eigenvalue weighted by atomic mass is 10.1. The molecule has 1 amide bonds. The minimum absolute atomic E-state index is 0.117. The fourth-order valence-corrected chi connectivity index (χ4v) is 1.35. The van der Waals surface area contributed by atoms with E-state index in [9.17, 15) is 9.18 Å². The minimum atomic E-state index is -0.626. The van der Waals surface area contributed by atoms with Gasteiger partial charge in [0.05, 0.1) is 12.2 Å². The highest BCUT2D eigenvalue weighted by atomic mass is 19.1. The largest absolute Gasteiger partial charge is 0.373 e. The summed E-state index contributed by atoms with van der Waals surface area (Å²) in [6.07, 6.45) is 5.02. The van der Waals surface area contributed by atoms with Crippen LogP contribution in [0.2, 0.25) is 0 Å². The normalized spacial score (nSPS) is 10.9. The van der Waals surface area contributed by atoms with Gasteiger partial charge in [-0.2, -0.15) is 5.26 Å². The summed E-state index contributed by atoms with van der Waals surface area (Å²) in [5.41, 5.74) is 0.162. The van der Waals surface area contributed by atoms with Crippen LogP contribution in [0.15, 0.2) is 18.2 Å². The quantitative estimate of drug-likeness (QED) is 0.784. The molecule has 0 aliphatic carbocycles. The molecule has 4 nitrogen and oxygen atoms in total. The zero-order valence-corrected chi connectivity index (χ0v) is 9.83. The van der Waals surface area contributed by atoms with Crippen LogP contribution in [0, 0.1) is 29.5 Å². The van der Waals surface area contributed by atoms with Crippen molar-refractivity contribution in [1.29, 1.82) is 5.26 Å². The van der Waals surface area contributed by atoms with E-state index in [4.69, 9.17) is 11.7 Å². The Labute approximate surface area is 105 Å². The van der Waals surface area contributed by atoms with Crippen molar-refractivity contribution < 1.29 is 9.18 Å². The van der Waals surface area contributed by atoms with Gasteiger partial charge in [-0.1, -0.05) is 12.0 Å². The van der Waals surface area contributed by atoms with Crippen LogP contribution in [0.4, 0.5) is 10.1 Å². The van der Waals surface area contributed by atoms with Crippen LogP contribution in [-0.2, 0) is 4.79 Å². The fourth-order valence-electron chi connectivity index (χ4n) is 1.35. The third-order valence-electron chi connectivity index (χ3n) is 2.26. The first-order chi connectivity index (χ1) is 8.60. The third kappa shape index (κ3) is 3.23. The Kier molecular flexibility index (Phi) is 4.71. The second-order valence-electron chi connectivity index (χ2n) is 3.56. The van der Waals surface area contributed by atoms with Crippen LogP contribution in [0.5, 0.6) is 0 Å². The van der Waals surface area contributed by atoms with Gasteiger partial charge in [0, 0.05) is 0 Å². The Hall–Kier alpha value is -2.53. The highest BCUT2D eigenvalue weighted by Crippen LogP contribution is 2.18. The predicted molar refractivity (Wildman–Crippen MR) is 66.0 cm³/mol. The summed E-state index contributed by atoms with van der Waals surface area (Å²) in [6, 6.07) is 5.32. The van der Waals surface area contributed by atoms with Gasteiger partial charge in [0.15, 0.2) is 0 Å². The fraction of sp³-hybridized carbons (Fsp3) is 0.231. The van der Waals surface area contributed by atoms with E-state index in [1.807, 2.05) is 0 Å². The molecule has 0 saturated heterocycles. The van der Waals surface area contributed by atoms with Crippen LogP contribution in [0.1, 0.15) is 12.5 Å². The number of halogens is 1. The predicted octanol–water partition coefficient (Wildman–Crippen LogP) is 1.25. The van der Waals surface area contributed by atoms with E-state index >= 15 is 0 Å². The van der Waals surface area contributed by atoms with E-state index in [1.54, 1.807) is 13.0 Å². The lowest BCUT2D eigenvalue weighted by molar-refractivity contribution is -0.121. The van der Waals surface area contributed by atoms with E-state index in [-0.39, 0.29) is 23.7 Å². The first-order valence-corrected chi connectivity index (χ1v) is 5.26. The number of anilines is 1. The molecule has 92 valence electrons. The van der Waals surface area contributed by atoms with Gasteiger partial charge in [-0.25, -0.2) is 4.39 Å². The lowest BCUT2D eigenvalue weighted by Gasteiger charge is -2.15. The second kappa shape index (κ2) is 6.27.